The van der Waals surface area contributed by atoms with E-state index in [4.69, 9.17) is 11.6 Å². The molecule has 0 aliphatic carbocycles. The van der Waals surface area contributed by atoms with Crippen molar-refractivity contribution in [3.63, 3.8) is 0 Å². The predicted molar refractivity (Wildman–Crippen MR) is 96.2 cm³/mol. The summed E-state index contributed by atoms with van der Waals surface area (Å²) in [4.78, 5) is 12.1. The first-order valence-electron chi connectivity index (χ1n) is 8.39. The van der Waals surface area contributed by atoms with Gasteiger partial charge >= 0.3 is 0 Å². The number of hydrogen-bond acceptors (Lipinski definition) is 3. The van der Waals surface area contributed by atoms with Crippen molar-refractivity contribution in [2.75, 3.05) is 19.6 Å². The van der Waals surface area contributed by atoms with Crippen molar-refractivity contribution in [2.45, 2.75) is 32.4 Å². The van der Waals surface area contributed by atoms with E-state index in [0.717, 1.165) is 0 Å². The Morgan fingerprint density at radius 3 is 2.56 bits per heavy atom. The van der Waals surface area contributed by atoms with E-state index < -0.39 is 21.6 Å². The van der Waals surface area contributed by atoms with Crippen LogP contribution in [0.1, 0.15) is 32.3 Å². The van der Waals surface area contributed by atoms with Gasteiger partial charge in [-0.05, 0) is 30.9 Å². The summed E-state index contributed by atoms with van der Waals surface area (Å²) in [6.45, 7) is 5.16. The Labute approximate surface area is 153 Å². The zero-order valence-corrected chi connectivity index (χ0v) is 16.0. The third-order valence-electron chi connectivity index (χ3n) is 4.29. The maximum atomic E-state index is 13.8. The van der Waals surface area contributed by atoms with Gasteiger partial charge in [0.25, 0.3) is 0 Å². The minimum Gasteiger partial charge on any atom is -0.356 e. The Balaban J connectivity index is 1.96. The zero-order chi connectivity index (χ0) is 18.6. The van der Waals surface area contributed by atoms with Gasteiger partial charge in [-0.25, -0.2) is 17.1 Å². The lowest BCUT2D eigenvalue weighted by molar-refractivity contribution is -0.126. The SMILES string of the molecule is CC(C)CNC(=O)C1CCN(S(=O)(=O)Cc2c(F)cccc2Cl)CC1. The highest BCUT2D eigenvalue weighted by molar-refractivity contribution is 7.88. The highest BCUT2D eigenvalue weighted by atomic mass is 35.5. The zero-order valence-electron chi connectivity index (χ0n) is 14.5. The van der Waals surface area contributed by atoms with Gasteiger partial charge in [-0.1, -0.05) is 31.5 Å². The topological polar surface area (TPSA) is 66.5 Å². The first kappa shape index (κ1) is 20.1. The van der Waals surface area contributed by atoms with Gasteiger partial charge in [0.2, 0.25) is 15.9 Å². The summed E-state index contributed by atoms with van der Waals surface area (Å²) in [7, 11) is -3.68. The van der Waals surface area contributed by atoms with Gasteiger partial charge < -0.3 is 5.32 Å². The molecule has 0 saturated carbocycles. The van der Waals surface area contributed by atoms with Gasteiger partial charge in [0, 0.05) is 36.1 Å². The smallest absolute Gasteiger partial charge is 0.223 e. The quantitative estimate of drug-likeness (QED) is 0.812. The Bertz CT molecular complexity index is 696. The van der Waals surface area contributed by atoms with E-state index in [9.17, 15) is 17.6 Å². The molecular weight excluding hydrogens is 367 g/mol. The maximum Gasteiger partial charge on any atom is 0.223 e. The van der Waals surface area contributed by atoms with Crippen molar-refractivity contribution in [3.8, 4) is 0 Å². The van der Waals surface area contributed by atoms with Crippen molar-refractivity contribution in [3.05, 3.63) is 34.6 Å². The summed E-state index contributed by atoms with van der Waals surface area (Å²) in [5.41, 5.74) is -0.0130. The van der Waals surface area contributed by atoms with E-state index in [1.807, 2.05) is 13.8 Å². The predicted octanol–water partition coefficient (Wildman–Crippen LogP) is 2.79. The van der Waals surface area contributed by atoms with Crippen LogP contribution in [0, 0.1) is 17.7 Å². The fraction of sp³-hybridized carbons (Fsp3) is 0.588. The molecule has 1 fully saturated rings. The molecule has 0 radical (unpaired) electrons. The van der Waals surface area contributed by atoms with Gasteiger partial charge in [0.05, 0.1) is 5.75 Å². The number of carbonyl (C=O) groups excluding carboxylic acids is 1. The lowest BCUT2D eigenvalue weighted by Crippen LogP contribution is -2.43. The molecule has 1 saturated heterocycles. The first-order valence-corrected chi connectivity index (χ1v) is 10.4. The molecule has 0 bridgehead atoms. The van der Waals surface area contributed by atoms with Crippen LogP contribution in [0.15, 0.2) is 18.2 Å². The number of halogens is 2. The highest BCUT2D eigenvalue weighted by Crippen LogP contribution is 2.26. The molecule has 0 aromatic heterocycles. The Morgan fingerprint density at radius 2 is 2.00 bits per heavy atom. The fourth-order valence-corrected chi connectivity index (χ4v) is 4.71. The molecular formula is C17H24ClFN2O3S. The number of amides is 1. The molecule has 1 aromatic rings. The van der Waals surface area contributed by atoms with Crippen molar-refractivity contribution in [1.29, 1.82) is 0 Å². The number of nitrogens with zero attached hydrogens (tertiary/aromatic N) is 1. The standard InChI is InChI=1S/C17H24ClFN2O3S/c1-12(2)10-20-17(22)13-6-8-21(9-7-13)25(23,24)11-14-15(18)4-3-5-16(14)19/h3-5,12-13H,6-11H2,1-2H3,(H,20,22). The number of carbonyl (C=O) groups is 1. The summed E-state index contributed by atoms with van der Waals surface area (Å²) in [5.74, 6) is -0.929. The Morgan fingerprint density at radius 1 is 1.36 bits per heavy atom. The molecule has 140 valence electrons. The molecule has 1 aliphatic rings. The third-order valence-corrected chi connectivity index (χ3v) is 6.45. The lowest BCUT2D eigenvalue weighted by Gasteiger charge is -2.30. The lowest BCUT2D eigenvalue weighted by atomic mass is 9.97. The van der Waals surface area contributed by atoms with Crippen LogP contribution in [0.3, 0.4) is 0 Å². The molecule has 0 spiro atoms. The average Bonchev–Trinajstić information content (AvgIpc) is 2.56. The third kappa shape index (κ3) is 5.39. The molecule has 0 unspecified atom stereocenters. The number of benzene rings is 1. The average molecular weight is 391 g/mol. The van der Waals surface area contributed by atoms with Crippen LogP contribution >= 0.6 is 11.6 Å². The van der Waals surface area contributed by atoms with Crippen LogP contribution in [0.5, 0.6) is 0 Å². The molecule has 1 amide bonds. The van der Waals surface area contributed by atoms with Gasteiger partial charge in [0.15, 0.2) is 0 Å². The van der Waals surface area contributed by atoms with E-state index >= 15 is 0 Å². The molecule has 1 aromatic carbocycles. The molecule has 1 heterocycles. The number of hydrogen-bond donors (Lipinski definition) is 1. The number of rotatable bonds is 6. The van der Waals surface area contributed by atoms with Crippen LogP contribution in [-0.4, -0.2) is 38.3 Å². The molecule has 5 nitrogen and oxygen atoms in total. The van der Waals surface area contributed by atoms with Crippen LogP contribution in [0.4, 0.5) is 4.39 Å². The van der Waals surface area contributed by atoms with Crippen LogP contribution < -0.4 is 5.32 Å². The van der Waals surface area contributed by atoms with Gasteiger partial charge in [-0.2, -0.15) is 0 Å². The van der Waals surface area contributed by atoms with E-state index in [0.29, 0.717) is 25.3 Å². The number of piperidine rings is 1. The first-order chi connectivity index (χ1) is 11.7. The van der Waals surface area contributed by atoms with Crippen molar-refractivity contribution < 1.29 is 17.6 Å². The summed E-state index contributed by atoms with van der Waals surface area (Å²) >= 11 is 5.92. The second-order valence-electron chi connectivity index (χ2n) is 6.77. The minimum absolute atomic E-state index is 0.0130. The normalized spacial score (nSPS) is 17.0. The van der Waals surface area contributed by atoms with Crippen LogP contribution in [-0.2, 0) is 20.6 Å². The van der Waals surface area contributed by atoms with Gasteiger partial charge in [-0.15, -0.1) is 0 Å². The minimum atomic E-state index is -3.68. The van der Waals surface area contributed by atoms with Gasteiger partial charge in [-0.3, -0.25) is 4.79 Å². The molecule has 25 heavy (non-hydrogen) atoms. The summed E-state index contributed by atoms with van der Waals surface area (Å²) in [6, 6.07) is 4.11. The molecule has 1 N–H and O–H groups in total. The molecule has 2 rings (SSSR count). The summed E-state index contributed by atoms with van der Waals surface area (Å²) in [5, 5.41) is 2.99. The fourth-order valence-electron chi connectivity index (χ4n) is 2.79. The Kier molecular flexibility index (Phi) is 6.82. The van der Waals surface area contributed by atoms with Crippen molar-refractivity contribution >= 4 is 27.5 Å². The maximum absolute atomic E-state index is 13.8. The second kappa shape index (κ2) is 8.47. The van der Waals surface area contributed by atoms with Crippen LogP contribution in [0.25, 0.3) is 0 Å². The van der Waals surface area contributed by atoms with Crippen molar-refractivity contribution in [2.24, 2.45) is 11.8 Å². The summed E-state index contributed by atoms with van der Waals surface area (Å²) < 4.78 is 40.3. The van der Waals surface area contributed by atoms with E-state index in [-0.39, 0.29) is 35.5 Å². The summed E-state index contributed by atoms with van der Waals surface area (Å²) in [6.07, 6.45) is 0.933. The van der Waals surface area contributed by atoms with E-state index in [2.05, 4.69) is 5.32 Å². The largest absolute Gasteiger partial charge is 0.356 e. The molecule has 0 atom stereocenters. The van der Waals surface area contributed by atoms with E-state index in [1.54, 1.807) is 0 Å². The van der Waals surface area contributed by atoms with E-state index in [1.165, 1.54) is 22.5 Å². The number of nitrogens with one attached hydrogen (secondary N) is 1. The number of sulfonamides is 1. The molecule has 8 heteroatoms. The monoisotopic (exact) mass is 390 g/mol. The Hall–Kier alpha value is -1.18. The van der Waals surface area contributed by atoms with Gasteiger partial charge in [0.1, 0.15) is 5.82 Å². The highest BCUT2D eigenvalue weighted by Gasteiger charge is 2.32. The van der Waals surface area contributed by atoms with Crippen molar-refractivity contribution in [1.82, 2.24) is 9.62 Å². The second-order valence-corrected chi connectivity index (χ2v) is 9.14. The molecule has 1 aliphatic heterocycles. The van der Waals surface area contributed by atoms with Crippen LogP contribution in [0.2, 0.25) is 5.02 Å².